The third-order valence-corrected chi connectivity index (χ3v) is 4.57. The van der Waals surface area contributed by atoms with Gasteiger partial charge in [0.25, 0.3) is 0 Å². The Morgan fingerprint density at radius 1 is 1.00 bits per heavy atom. The topological polar surface area (TPSA) is 63.9 Å². The second-order valence-corrected chi connectivity index (χ2v) is 6.37. The van der Waals surface area contributed by atoms with Crippen LogP contribution in [0.3, 0.4) is 0 Å². The van der Waals surface area contributed by atoms with E-state index in [1.807, 2.05) is 0 Å². The van der Waals surface area contributed by atoms with E-state index in [2.05, 4.69) is 0 Å². The van der Waals surface area contributed by atoms with Crippen LogP contribution in [-0.4, -0.2) is 58.2 Å². The molecule has 22 heavy (non-hydrogen) atoms. The number of halogens is 2. The summed E-state index contributed by atoms with van der Waals surface area (Å²) < 4.78 is 28.1. The molecule has 4 nitrogen and oxygen atoms in total. The number of likely N-dealkylation sites (tertiary alicyclic amines) is 1. The summed E-state index contributed by atoms with van der Waals surface area (Å²) in [5.41, 5.74) is 0.769. The molecular weight excluding hydrogens is 292 g/mol. The van der Waals surface area contributed by atoms with E-state index >= 15 is 0 Å². The Kier molecular flexibility index (Phi) is 4.45. The zero-order valence-corrected chi connectivity index (χ0v) is 12.3. The Morgan fingerprint density at radius 2 is 1.55 bits per heavy atom. The van der Waals surface area contributed by atoms with E-state index in [1.165, 1.54) is 12.1 Å². The molecule has 3 N–H and O–H groups in total. The molecule has 1 aliphatic heterocycles. The molecule has 1 aromatic rings. The van der Waals surface area contributed by atoms with E-state index < -0.39 is 29.9 Å². The first kappa shape index (κ1) is 15.8. The van der Waals surface area contributed by atoms with Crippen molar-refractivity contribution in [3.05, 3.63) is 34.9 Å². The predicted octanol–water partition coefficient (Wildman–Crippen LogP) is 0.783. The van der Waals surface area contributed by atoms with Crippen LogP contribution in [0, 0.1) is 11.6 Å². The van der Waals surface area contributed by atoms with Crippen molar-refractivity contribution < 1.29 is 24.1 Å². The Balaban J connectivity index is 1.64. The molecule has 0 spiro atoms. The molecule has 2 aliphatic rings. The first-order chi connectivity index (χ1) is 10.5. The number of rotatable bonds is 4. The second-order valence-electron chi connectivity index (χ2n) is 6.37. The van der Waals surface area contributed by atoms with E-state index in [0.717, 1.165) is 18.4 Å². The van der Waals surface area contributed by atoms with E-state index in [4.69, 9.17) is 0 Å². The standard InChI is InChI=1S/C16H21F2NO3/c17-12-5-10(9-1-2-9)6-13(18)11(12)3-4-19-7-14(20)16(22)15(21)8-19/h5-6,9,14-16,20-22H,1-4,7-8H2. The lowest BCUT2D eigenvalue weighted by Crippen LogP contribution is -2.55. The fourth-order valence-corrected chi connectivity index (χ4v) is 3.04. The molecule has 2 fully saturated rings. The smallest absolute Gasteiger partial charge is 0.129 e. The highest BCUT2D eigenvalue weighted by molar-refractivity contribution is 5.31. The number of β-amino-alcohol motifs (C(OH)–C–C–N with tert-alkyl or cyclic N) is 2. The fraction of sp³-hybridized carbons (Fsp3) is 0.625. The lowest BCUT2D eigenvalue weighted by Gasteiger charge is -2.36. The third-order valence-electron chi connectivity index (χ3n) is 4.57. The van der Waals surface area contributed by atoms with Crippen LogP contribution in [0.1, 0.15) is 29.9 Å². The SMILES string of the molecule is OC1CN(CCc2c(F)cc(C3CC3)cc2F)CC(O)C1O. The first-order valence-electron chi connectivity index (χ1n) is 7.70. The van der Waals surface area contributed by atoms with Gasteiger partial charge in [0.1, 0.15) is 17.7 Å². The summed E-state index contributed by atoms with van der Waals surface area (Å²) >= 11 is 0. The Bertz CT molecular complexity index is 515. The van der Waals surface area contributed by atoms with Crippen molar-refractivity contribution in [2.45, 2.75) is 43.5 Å². The van der Waals surface area contributed by atoms with Gasteiger partial charge >= 0.3 is 0 Å². The lowest BCUT2D eigenvalue weighted by atomic mass is 10.0. The lowest BCUT2D eigenvalue weighted by molar-refractivity contribution is -0.109. The van der Waals surface area contributed by atoms with Crippen LogP contribution in [0.15, 0.2) is 12.1 Å². The van der Waals surface area contributed by atoms with Gasteiger partial charge in [-0.15, -0.1) is 0 Å². The highest BCUT2D eigenvalue weighted by Crippen LogP contribution is 2.40. The molecule has 0 bridgehead atoms. The molecular formula is C16H21F2NO3. The maximum atomic E-state index is 14.1. The van der Waals surface area contributed by atoms with Gasteiger partial charge in [-0.05, 0) is 42.9 Å². The van der Waals surface area contributed by atoms with E-state index in [9.17, 15) is 24.1 Å². The van der Waals surface area contributed by atoms with Crippen molar-refractivity contribution in [1.82, 2.24) is 4.90 Å². The van der Waals surface area contributed by atoms with Gasteiger partial charge in [-0.2, -0.15) is 0 Å². The normalized spacial score (nSPS) is 29.8. The largest absolute Gasteiger partial charge is 0.389 e. The number of piperidine rings is 1. The van der Waals surface area contributed by atoms with Crippen LogP contribution in [0.25, 0.3) is 0 Å². The summed E-state index contributed by atoms with van der Waals surface area (Å²) in [6, 6.07) is 2.83. The second kappa shape index (κ2) is 6.20. The molecule has 122 valence electrons. The quantitative estimate of drug-likeness (QED) is 0.769. The van der Waals surface area contributed by atoms with Crippen LogP contribution in [0.2, 0.25) is 0 Å². The van der Waals surface area contributed by atoms with Crippen LogP contribution < -0.4 is 0 Å². The number of aliphatic hydroxyl groups excluding tert-OH is 3. The summed E-state index contributed by atoms with van der Waals surface area (Å²) in [5, 5.41) is 28.7. The molecule has 1 heterocycles. The molecule has 3 rings (SSSR count). The van der Waals surface area contributed by atoms with Crippen molar-refractivity contribution in [3.8, 4) is 0 Å². The van der Waals surface area contributed by atoms with Crippen molar-refractivity contribution >= 4 is 0 Å². The maximum Gasteiger partial charge on any atom is 0.129 e. The van der Waals surface area contributed by atoms with E-state index in [1.54, 1.807) is 4.90 Å². The Labute approximate surface area is 128 Å². The van der Waals surface area contributed by atoms with Crippen LogP contribution in [-0.2, 0) is 6.42 Å². The summed E-state index contributed by atoms with van der Waals surface area (Å²) in [6.07, 6.45) is -1.11. The van der Waals surface area contributed by atoms with Gasteiger partial charge in [-0.25, -0.2) is 8.78 Å². The van der Waals surface area contributed by atoms with Gasteiger partial charge in [0.2, 0.25) is 0 Å². The van der Waals surface area contributed by atoms with Gasteiger partial charge in [-0.3, -0.25) is 4.90 Å². The number of aliphatic hydroxyl groups is 3. The molecule has 0 radical (unpaired) electrons. The first-order valence-corrected chi connectivity index (χ1v) is 7.70. The van der Waals surface area contributed by atoms with Gasteiger partial charge in [-0.1, -0.05) is 0 Å². The number of benzene rings is 1. The average Bonchev–Trinajstić information content (AvgIpc) is 3.28. The summed E-state index contributed by atoms with van der Waals surface area (Å²) in [5.74, 6) is -0.757. The molecule has 1 aromatic carbocycles. The summed E-state index contributed by atoms with van der Waals surface area (Å²) in [7, 11) is 0. The van der Waals surface area contributed by atoms with Crippen LogP contribution in [0.4, 0.5) is 8.78 Å². The van der Waals surface area contributed by atoms with Crippen LogP contribution >= 0.6 is 0 Å². The number of hydrogen-bond donors (Lipinski definition) is 3. The Morgan fingerprint density at radius 3 is 2.05 bits per heavy atom. The van der Waals surface area contributed by atoms with Crippen molar-refractivity contribution in [1.29, 1.82) is 0 Å². The molecule has 1 saturated carbocycles. The van der Waals surface area contributed by atoms with Crippen molar-refractivity contribution in [2.24, 2.45) is 0 Å². The van der Waals surface area contributed by atoms with Gasteiger partial charge in [0, 0.05) is 25.2 Å². The van der Waals surface area contributed by atoms with Crippen molar-refractivity contribution in [2.75, 3.05) is 19.6 Å². The highest BCUT2D eigenvalue weighted by atomic mass is 19.1. The average molecular weight is 313 g/mol. The zero-order chi connectivity index (χ0) is 15.9. The van der Waals surface area contributed by atoms with E-state index in [0.29, 0.717) is 12.5 Å². The molecule has 2 unspecified atom stereocenters. The minimum Gasteiger partial charge on any atom is -0.389 e. The maximum absolute atomic E-state index is 14.1. The molecule has 1 saturated heterocycles. The van der Waals surface area contributed by atoms with Crippen LogP contribution in [0.5, 0.6) is 0 Å². The van der Waals surface area contributed by atoms with Crippen molar-refractivity contribution in [3.63, 3.8) is 0 Å². The molecule has 1 aliphatic carbocycles. The summed E-state index contributed by atoms with van der Waals surface area (Å²) in [4.78, 5) is 1.70. The molecule has 0 amide bonds. The number of nitrogens with zero attached hydrogens (tertiary/aromatic N) is 1. The Hall–Kier alpha value is -1.08. The van der Waals surface area contributed by atoms with E-state index in [-0.39, 0.29) is 25.1 Å². The van der Waals surface area contributed by atoms with Gasteiger partial charge < -0.3 is 15.3 Å². The molecule has 0 aromatic heterocycles. The third kappa shape index (κ3) is 3.30. The number of hydrogen-bond acceptors (Lipinski definition) is 4. The van der Waals surface area contributed by atoms with Gasteiger partial charge in [0.15, 0.2) is 0 Å². The predicted molar refractivity (Wildman–Crippen MR) is 76.5 cm³/mol. The minimum absolute atomic E-state index is 0.0412. The molecule has 6 heteroatoms. The summed E-state index contributed by atoms with van der Waals surface area (Å²) in [6.45, 7) is 0.681. The minimum atomic E-state index is -1.16. The van der Waals surface area contributed by atoms with Gasteiger partial charge in [0.05, 0.1) is 12.2 Å². The zero-order valence-electron chi connectivity index (χ0n) is 12.3. The fourth-order valence-electron chi connectivity index (χ4n) is 3.04. The molecule has 2 atom stereocenters. The highest BCUT2D eigenvalue weighted by Gasteiger charge is 2.33. The monoisotopic (exact) mass is 313 g/mol.